The molecule has 0 rings (SSSR count). The highest BCUT2D eigenvalue weighted by Crippen LogP contribution is 2.27. The Morgan fingerprint density at radius 2 is 1.79 bits per heavy atom. The summed E-state index contributed by atoms with van der Waals surface area (Å²) >= 11 is 0. The molecule has 0 nitrogen and oxygen atoms in total. The van der Waals surface area contributed by atoms with Crippen molar-refractivity contribution in [3.63, 3.8) is 0 Å². The molecule has 0 aliphatic rings. The van der Waals surface area contributed by atoms with E-state index in [1.807, 2.05) is 0 Å². The summed E-state index contributed by atoms with van der Waals surface area (Å²) in [5.74, 6) is 0.0769. The molecule has 0 fully saturated rings. The van der Waals surface area contributed by atoms with Gasteiger partial charge >= 0.3 is 0 Å². The van der Waals surface area contributed by atoms with Crippen LogP contribution in [0.4, 0.5) is 4.39 Å². The van der Waals surface area contributed by atoms with Gasteiger partial charge in [-0.25, -0.2) is 4.39 Å². The van der Waals surface area contributed by atoms with Gasteiger partial charge < -0.3 is 0 Å². The molecule has 0 saturated heterocycles. The first-order valence-corrected chi connectivity index (χ1v) is 5.34. The standard InChI is InChI=1S/C13H21F/c1-5-8-12(9-6-2)11(4)13(14)10-7-3/h7,10,12H,3-6,8-9H2,1-2H3/b13-10+. The minimum Gasteiger partial charge on any atom is -0.207 e. The zero-order valence-corrected chi connectivity index (χ0v) is 9.35. The van der Waals surface area contributed by atoms with Gasteiger partial charge in [0, 0.05) is 0 Å². The van der Waals surface area contributed by atoms with Crippen LogP contribution < -0.4 is 0 Å². The lowest BCUT2D eigenvalue weighted by atomic mass is 9.90. The molecular weight excluding hydrogens is 175 g/mol. The van der Waals surface area contributed by atoms with Crippen molar-refractivity contribution in [2.24, 2.45) is 5.92 Å². The maximum absolute atomic E-state index is 13.4. The van der Waals surface area contributed by atoms with Gasteiger partial charge in [-0.1, -0.05) is 45.9 Å². The van der Waals surface area contributed by atoms with Gasteiger partial charge in [0.05, 0.1) is 0 Å². The summed E-state index contributed by atoms with van der Waals surface area (Å²) < 4.78 is 13.4. The van der Waals surface area contributed by atoms with Crippen LogP contribution in [-0.4, -0.2) is 0 Å². The van der Waals surface area contributed by atoms with Crippen molar-refractivity contribution in [2.45, 2.75) is 39.5 Å². The van der Waals surface area contributed by atoms with E-state index in [2.05, 4.69) is 27.0 Å². The quantitative estimate of drug-likeness (QED) is 0.513. The maximum atomic E-state index is 13.4. The Hall–Kier alpha value is -0.850. The van der Waals surface area contributed by atoms with Crippen LogP contribution in [0.15, 0.2) is 36.7 Å². The number of rotatable bonds is 7. The second-order valence-corrected chi connectivity index (χ2v) is 3.55. The summed E-state index contributed by atoms with van der Waals surface area (Å²) in [5.41, 5.74) is 0.633. The Morgan fingerprint density at radius 1 is 1.29 bits per heavy atom. The van der Waals surface area contributed by atoms with Crippen molar-refractivity contribution in [3.05, 3.63) is 36.7 Å². The van der Waals surface area contributed by atoms with Gasteiger partial charge in [0.2, 0.25) is 0 Å². The Morgan fingerprint density at radius 3 is 2.14 bits per heavy atom. The summed E-state index contributed by atoms with van der Waals surface area (Å²) in [6.45, 7) is 11.5. The van der Waals surface area contributed by atoms with Crippen molar-refractivity contribution in [3.8, 4) is 0 Å². The highest BCUT2D eigenvalue weighted by molar-refractivity contribution is 5.27. The van der Waals surface area contributed by atoms with Crippen molar-refractivity contribution in [1.29, 1.82) is 0 Å². The smallest absolute Gasteiger partial charge is 0.126 e. The third-order valence-electron chi connectivity index (χ3n) is 2.34. The van der Waals surface area contributed by atoms with Crippen molar-refractivity contribution in [2.75, 3.05) is 0 Å². The lowest BCUT2D eigenvalue weighted by Crippen LogP contribution is -2.03. The van der Waals surface area contributed by atoms with E-state index in [0.717, 1.165) is 25.7 Å². The predicted molar refractivity (Wildman–Crippen MR) is 61.8 cm³/mol. The van der Waals surface area contributed by atoms with E-state index in [1.165, 1.54) is 12.2 Å². The lowest BCUT2D eigenvalue weighted by Gasteiger charge is -2.16. The van der Waals surface area contributed by atoms with E-state index in [1.54, 1.807) is 0 Å². The molecule has 0 aromatic rings. The molecule has 0 aliphatic heterocycles. The third-order valence-corrected chi connectivity index (χ3v) is 2.34. The van der Waals surface area contributed by atoms with Crippen LogP contribution in [0, 0.1) is 5.92 Å². The van der Waals surface area contributed by atoms with Gasteiger partial charge in [0.25, 0.3) is 0 Å². The molecule has 0 aromatic heterocycles. The van der Waals surface area contributed by atoms with E-state index in [4.69, 9.17) is 0 Å². The van der Waals surface area contributed by atoms with Crippen LogP contribution >= 0.6 is 0 Å². The van der Waals surface area contributed by atoms with Gasteiger partial charge in [0.1, 0.15) is 5.83 Å². The molecule has 0 spiro atoms. The van der Waals surface area contributed by atoms with E-state index < -0.39 is 0 Å². The van der Waals surface area contributed by atoms with Crippen molar-refractivity contribution >= 4 is 0 Å². The molecule has 14 heavy (non-hydrogen) atoms. The molecule has 0 amide bonds. The topological polar surface area (TPSA) is 0 Å². The normalized spacial score (nSPS) is 11.9. The molecule has 0 saturated carbocycles. The van der Waals surface area contributed by atoms with Gasteiger partial charge in [-0.3, -0.25) is 0 Å². The van der Waals surface area contributed by atoms with Gasteiger partial charge in [-0.15, -0.1) is 0 Å². The van der Waals surface area contributed by atoms with Crippen molar-refractivity contribution in [1.82, 2.24) is 0 Å². The molecular formula is C13H21F. The average Bonchev–Trinajstić information content (AvgIpc) is 2.17. The zero-order valence-electron chi connectivity index (χ0n) is 9.35. The second-order valence-electron chi connectivity index (χ2n) is 3.55. The molecule has 0 bridgehead atoms. The summed E-state index contributed by atoms with van der Waals surface area (Å²) in [6.07, 6.45) is 7.04. The SMILES string of the molecule is C=C/C=C(/F)C(=C)C(CCC)CCC. The largest absolute Gasteiger partial charge is 0.207 e. The Bertz CT molecular complexity index is 207. The maximum Gasteiger partial charge on any atom is 0.126 e. The van der Waals surface area contributed by atoms with Crippen LogP contribution in [0.3, 0.4) is 0 Å². The first-order valence-electron chi connectivity index (χ1n) is 5.34. The van der Waals surface area contributed by atoms with Gasteiger partial charge in [-0.05, 0) is 30.4 Å². The Kier molecular flexibility index (Phi) is 7.09. The fourth-order valence-corrected chi connectivity index (χ4v) is 1.60. The molecule has 0 heterocycles. The Labute approximate surface area is 87.2 Å². The molecule has 0 unspecified atom stereocenters. The monoisotopic (exact) mass is 196 g/mol. The van der Waals surface area contributed by atoms with Crippen LogP contribution in [0.2, 0.25) is 0 Å². The highest BCUT2D eigenvalue weighted by atomic mass is 19.1. The first kappa shape index (κ1) is 13.2. The van der Waals surface area contributed by atoms with E-state index in [0.29, 0.717) is 11.5 Å². The lowest BCUT2D eigenvalue weighted by molar-refractivity contribution is 0.484. The first-order chi connectivity index (χ1) is 6.67. The van der Waals surface area contributed by atoms with Gasteiger partial charge in [0.15, 0.2) is 0 Å². The number of halogens is 1. The third kappa shape index (κ3) is 4.40. The minimum absolute atomic E-state index is 0.216. The number of hydrogen-bond acceptors (Lipinski definition) is 0. The average molecular weight is 196 g/mol. The summed E-state index contributed by atoms with van der Waals surface area (Å²) in [6, 6.07) is 0. The van der Waals surface area contributed by atoms with E-state index in [9.17, 15) is 4.39 Å². The summed E-state index contributed by atoms with van der Waals surface area (Å²) in [5, 5.41) is 0. The van der Waals surface area contributed by atoms with E-state index in [-0.39, 0.29) is 5.83 Å². The fraction of sp³-hybridized carbons (Fsp3) is 0.538. The van der Waals surface area contributed by atoms with Crippen LogP contribution in [-0.2, 0) is 0 Å². The molecule has 0 aromatic carbocycles. The zero-order chi connectivity index (χ0) is 11.0. The molecule has 0 aliphatic carbocycles. The minimum atomic E-state index is -0.216. The van der Waals surface area contributed by atoms with E-state index >= 15 is 0 Å². The highest BCUT2D eigenvalue weighted by Gasteiger charge is 2.13. The Balaban J connectivity index is 4.41. The molecule has 80 valence electrons. The molecule has 1 heteroatoms. The molecule has 0 N–H and O–H groups in total. The van der Waals surface area contributed by atoms with Crippen LogP contribution in [0.25, 0.3) is 0 Å². The second kappa shape index (κ2) is 7.54. The number of allylic oxidation sites excluding steroid dienone is 4. The van der Waals surface area contributed by atoms with Gasteiger partial charge in [-0.2, -0.15) is 0 Å². The molecule has 0 radical (unpaired) electrons. The summed E-state index contributed by atoms with van der Waals surface area (Å²) in [4.78, 5) is 0. The van der Waals surface area contributed by atoms with Crippen molar-refractivity contribution < 1.29 is 4.39 Å². The van der Waals surface area contributed by atoms with Crippen LogP contribution in [0.1, 0.15) is 39.5 Å². The molecule has 0 atom stereocenters. The number of hydrogen-bond donors (Lipinski definition) is 0. The summed E-state index contributed by atoms with van der Waals surface area (Å²) in [7, 11) is 0. The predicted octanol–water partition coefficient (Wildman–Crippen LogP) is 4.80. The fourth-order valence-electron chi connectivity index (χ4n) is 1.60. The van der Waals surface area contributed by atoms with Crippen LogP contribution in [0.5, 0.6) is 0 Å².